The van der Waals surface area contributed by atoms with Gasteiger partial charge in [-0.1, -0.05) is 5.16 Å². The van der Waals surface area contributed by atoms with E-state index in [1.165, 1.54) is 12.8 Å². The third-order valence-corrected chi connectivity index (χ3v) is 4.67. The number of likely N-dealkylation sites (tertiary alicyclic amines) is 1. The summed E-state index contributed by atoms with van der Waals surface area (Å²) >= 11 is 0. The maximum absolute atomic E-state index is 12.1. The minimum atomic E-state index is -0.184. The highest BCUT2D eigenvalue weighted by Crippen LogP contribution is 2.14. The van der Waals surface area contributed by atoms with E-state index < -0.39 is 0 Å². The van der Waals surface area contributed by atoms with E-state index in [-0.39, 0.29) is 12.0 Å². The van der Waals surface area contributed by atoms with Crippen molar-refractivity contribution in [2.75, 3.05) is 26.2 Å². The standard InChI is InChI=1S/C16H26N4O3/c21-13-4-8-20(9-5-13)11-14-10-15(19-23-14)16(22)18-7-3-12-2-1-6-17-12/h10,12-13,17,21H,1-9,11H2,(H,18,22)/t12-/m0/s1. The molecule has 2 saturated heterocycles. The Morgan fingerprint density at radius 1 is 1.43 bits per heavy atom. The van der Waals surface area contributed by atoms with E-state index in [0.717, 1.165) is 38.9 Å². The van der Waals surface area contributed by atoms with E-state index in [1.54, 1.807) is 6.07 Å². The Kier molecular flexibility index (Phi) is 5.64. The number of hydrogen-bond acceptors (Lipinski definition) is 6. The molecule has 0 radical (unpaired) electrons. The molecule has 3 rings (SSSR count). The smallest absolute Gasteiger partial charge is 0.273 e. The molecule has 0 bridgehead atoms. The maximum Gasteiger partial charge on any atom is 0.273 e. The monoisotopic (exact) mass is 322 g/mol. The van der Waals surface area contributed by atoms with Crippen LogP contribution in [0.5, 0.6) is 0 Å². The Morgan fingerprint density at radius 3 is 3.00 bits per heavy atom. The van der Waals surface area contributed by atoms with Gasteiger partial charge in [0, 0.05) is 31.7 Å². The van der Waals surface area contributed by atoms with Gasteiger partial charge >= 0.3 is 0 Å². The molecule has 0 aromatic carbocycles. The van der Waals surface area contributed by atoms with Gasteiger partial charge in [0.05, 0.1) is 12.6 Å². The number of aromatic nitrogens is 1. The Labute approximate surface area is 136 Å². The number of amides is 1. The third kappa shape index (κ3) is 4.76. The molecule has 3 heterocycles. The Morgan fingerprint density at radius 2 is 2.26 bits per heavy atom. The average molecular weight is 322 g/mol. The van der Waals surface area contributed by atoms with Gasteiger partial charge in [0.25, 0.3) is 5.91 Å². The number of hydrogen-bond donors (Lipinski definition) is 3. The van der Waals surface area contributed by atoms with Crippen LogP contribution in [0.4, 0.5) is 0 Å². The number of aliphatic hydroxyl groups is 1. The molecule has 7 nitrogen and oxygen atoms in total. The first-order chi connectivity index (χ1) is 11.2. The average Bonchev–Trinajstić information content (AvgIpc) is 3.21. The molecule has 7 heteroatoms. The van der Waals surface area contributed by atoms with Crippen molar-refractivity contribution < 1.29 is 14.4 Å². The molecule has 2 aliphatic heterocycles. The fourth-order valence-corrected chi connectivity index (χ4v) is 3.25. The molecule has 23 heavy (non-hydrogen) atoms. The molecule has 2 aliphatic rings. The van der Waals surface area contributed by atoms with Crippen LogP contribution in [0, 0.1) is 0 Å². The predicted octanol–water partition coefficient (Wildman–Crippen LogP) is 0.503. The van der Waals surface area contributed by atoms with E-state index in [9.17, 15) is 9.90 Å². The number of carbonyl (C=O) groups excluding carboxylic acids is 1. The number of nitrogens with one attached hydrogen (secondary N) is 2. The molecule has 3 N–H and O–H groups in total. The molecule has 1 aromatic rings. The van der Waals surface area contributed by atoms with Crippen LogP contribution in [0.1, 0.15) is 48.4 Å². The van der Waals surface area contributed by atoms with Crippen molar-refractivity contribution in [1.82, 2.24) is 20.7 Å². The van der Waals surface area contributed by atoms with Crippen LogP contribution in [0.3, 0.4) is 0 Å². The van der Waals surface area contributed by atoms with E-state index in [2.05, 4.69) is 20.7 Å². The highest BCUT2D eigenvalue weighted by atomic mass is 16.5. The summed E-state index contributed by atoms with van der Waals surface area (Å²) < 4.78 is 5.27. The van der Waals surface area contributed by atoms with E-state index >= 15 is 0 Å². The van der Waals surface area contributed by atoms with E-state index in [1.807, 2.05) is 0 Å². The summed E-state index contributed by atoms with van der Waals surface area (Å²) in [7, 11) is 0. The quantitative estimate of drug-likeness (QED) is 0.707. The van der Waals surface area contributed by atoms with Crippen molar-refractivity contribution in [2.45, 2.75) is 50.8 Å². The summed E-state index contributed by atoms with van der Waals surface area (Å²) in [6, 6.07) is 2.24. The van der Waals surface area contributed by atoms with Crippen molar-refractivity contribution in [3.8, 4) is 0 Å². The molecular formula is C16H26N4O3. The number of rotatable bonds is 6. The summed E-state index contributed by atoms with van der Waals surface area (Å²) in [6.45, 7) is 4.07. The summed E-state index contributed by atoms with van der Waals surface area (Å²) in [5.41, 5.74) is 0.344. The second kappa shape index (κ2) is 7.90. The van der Waals surface area contributed by atoms with Crippen LogP contribution >= 0.6 is 0 Å². The van der Waals surface area contributed by atoms with Crippen LogP contribution in [0.25, 0.3) is 0 Å². The molecule has 0 saturated carbocycles. The SMILES string of the molecule is O=C(NCC[C@@H]1CCCN1)c1cc(CN2CCC(O)CC2)on1. The second-order valence-corrected chi connectivity index (χ2v) is 6.52. The van der Waals surface area contributed by atoms with Crippen LogP contribution in [0.15, 0.2) is 10.6 Å². The first-order valence-electron chi connectivity index (χ1n) is 8.58. The van der Waals surface area contributed by atoms with Gasteiger partial charge in [0.15, 0.2) is 11.5 Å². The van der Waals surface area contributed by atoms with Crippen molar-refractivity contribution in [1.29, 1.82) is 0 Å². The summed E-state index contributed by atoms with van der Waals surface area (Å²) in [4.78, 5) is 14.3. The molecular weight excluding hydrogens is 296 g/mol. The van der Waals surface area contributed by atoms with Gasteiger partial charge in [0.2, 0.25) is 0 Å². The third-order valence-electron chi connectivity index (χ3n) is 4.67. The number of carbonyl (C=O) groups is 1. The van der Waals surface area contributed by atoms with E-state index in [4.69, 9.17) is 4.52 Å². The number of nitrogens with zero attached hydrogens (tertiary/aromatic N) is 2. The number of piperidine rings is 1. The lowest BCUT2D eigenvalue weighted by Crippen LogP contribution is -2.35. The van der Waals surface area contributed by atoms with Crippen LogP contribution in [0.2, 0.25) is 0 Å². The van der Waals surface area contributed by atoms with Crippen molar-refractivity contribution in [3.05, 3.63) is 17.5 Å². The van der Waals surface area contributed by atoms with E-state index in [0.29, 0.717) is 30.6 Å². The number of aliphatic hydroxyl groups excluding tert-OH is 1. The molecule has 1 amide bonds. The molecule has 1 aromatic heterocycles. The Hall–Kier alpha value is -1.44. The Balaban J connectivity index is 1.41. The van der Waals surface area contributed by atoms with Gasteiger partial charge in [-0.3, -0.25) is 9.69 Å². The lowest BCUT2D eigenvalue weighted by Gasteiger charge is -2.28. The lowest BCUT2D eigenvalue weighted by molar-refractivity contribution is 0.0748. The molecule has 0 aliphatic carbocycles. The summed E-state index contributed by atoms with van der Waals surface area (Å²) in [5.74, 6) is 0.524. The molecule has 2 fully saturated rings. The fraction of sp³-hybridized carbons (Fsp3) is 0.750. The largest absolute Gasteiger partial charge is 0.393 e. The Bertz CT molecular complexity index is 505. The van der Waals surface area contributed by atoms with Crippen LogP contribution < -0.4 is 10.6 Å². The van der Waals surface area contributed by atoms with Gasteiger partial charge in [-0.15, -0.1) is 0 Å². The van der Waals surface area contributed by atoms with Gasteiger partial charge in [-0.25, -0.2) is 0 Å². The summed E-state index contributed by atoms with van der Waals surface area (Å²) in [6.07, 6.45) is 4.75. The van der Waals surface area contributed by atoms with Gasteiger partial charge in [0.1, 0.15) is 0 Å². The van der Waals surface area contributed by atoms with Crippen molar-refractivity contribution >= 4 is 5.91 Å². The zero-order chi connectivity index (χ0) is 16.1. The van der Waals surface area contributed by atoms with Gasteiger partial charge < -0.3 is 20.3 Å². The molecule has 0 unspecified atom stereocenters. The first kappa shape index (κ1) is 16.4. The highest BCUT2D eigenvalue weighted by Gasteiger charge is 2.20. The fourth-order valence-electron chi connectivity index (χ4n) is 3.25. The summed E-state index contributed by atoms with van der Waals surface area (Å²) in [5, 5.41) is 19.7. The minimum absolute atomic E-state index is 0.174. The zero-order valence-electron chi connectivity index (χ0n) is 13.5. The van der Waals surface area contributed by atoms with Gasteiger partial charge in [-0.05, 0) is 38.6 Å². The first-order valence-corrected chi connectivity index (χ1v) is 8.58. The maximum atomic E-state index is 12.1. The molecule has 1 atom stereocenters. The lowest BCUT2D eigenvalue weighted by atomic mass is 10.1. The molecule has 0 spiro atoms. The van der Waals surface area contributed by atoms with Crippen molar-refractivity contribution in [2.24, 2.45) is 0 Å². The highest BCUT2D eigenvalue weighted by molar-refractivity contribution is 5.92. The second-order valence-electron chi connectivity index (χ2n) is 6.52. The zero-order valence-corrected chi connectivity index (χ0v) is 13.5. The van der Waals surface area contributed by atoms with Crippen LogP contribution in [-0.2, 0) is 6.54 Å². The minimum Gasteiger partial charge on any atom is -0.393 e. The molecule has 128 valence electrons. The normalized spacial score (nSPS) is 23.3. The van der Waals surface area contributed by atoms with Crippen LogP contribution in [-0.4, -0.2) is 59.4 Å². The van der Waals surface area contributed by atoms with Crippen molar-refractivity contribution in [3.63, 3.8) is 0 Å². The topological polar surface area (TPSA) is 90.6 Å². The van der Waals surface area contributed by atoms with Gasteiger partial charge in [-0.2, -0.15) is 0 Å². The predicted molar refractivity (Wildman–Crippen MR) is 85.0 cm³/mol.